The smallest absolute Gasteiger partial charge is 0.240 e. The third kappa shape index (κ3) is 2.31. The monoisotopic (exact) mass is 276 g/mol. The first-order valence-corrected chi connectivity index (χ1v) is 6.89. The minimum absolute atomic E-state index is 0.0851. The van der Waals surface area contributed by atoms with Crippen LogP contribution in [0.3, 0.4) is 0 Å². The van der Waals surface area contributed by atoms with Gasteiger partial charge in [0.25, 0.3) is 0 Å². The number of benzene rings is 1. The molecule has 3 N–H and O–H groups in total. The number of nitriles is 1. The van der Waals surface area contributed by atoms with E-state index in [1.165, 1.54) is 19.2 Å². The Hall–Kier alpha value is -2.30. The molecule has 7 heteroatoms. The van der Waals surface area contributed by atoms with Gasteiger partial charge in [0.05, 0.1) is 16.3 Å². The van der Waals surface area contributed by atoms with Gasteiger partial charge in [-0.3, -0.25) is 0 Å². The standard InChI is InChI=1S/C12H12N4O2S/c1-15-19(17,18)10-4-5-12(11(14)7-10)16-6-2-3-9(16)8-13/h2-7,15H,14H2,1H3. The van der Waals surface area contributed by atoms with Gasteiger partial charge >= 0.3 is 0 Å². The molecule has 1 aromatic heterocycles. The molecule has 0 saturated heterocycles. The van der Waals surface area contributed by atoms with Gasteiger partial charge < -0.3 is 10.3 Å². The van der Waals surface area contributed by atoms with E-state index >= 15 is 0 Å². The third-order valence-corrected chi connectivity index (χ3v) is 4.11. The average Bonchev–Trinajstić information content (AvgIpc) is 2.86. The molecule has 0 aliphatic heterocycles. The zero-order valence-electron chi connectivity index (χ0n) is 10.2. The first-order chi connectivity index (χ1) is 8.99. The summed E-state index contributed by atoms with van der Waals surface area (Å²) in [4.78, 5) is 0.0851. The Kier molecular flexibility index (Phi) is 3.29. The molecule has 0 amide bonds. The van der Waals surface area contributed by atoms with Crippen LogP contribution in [0.2, 0.25) is 0 Å². The van der Waals surface area contributed by atoms with E-state index in [1.807, 2.05) is 6.07 Å². The fourth-order valence-corrected chi connectivity index (χ4v) is 2.48. The van der Waals surface area contributed by atoms with Crippen LogP contribution in [0, 0.1) is 11.3 Å². The van der Waals surface area contributed by atoms with E-state index in [1.54, 1.807) is 29.0 Å². The number of rotatable bonds is 3. The van der Waals surface area contributed by atoms with Crippen molar-refractivity contribution in [3.8, 4) is 11.8 Å². The van der Waals surface area contributed by atoms with Crippen molar-refractivity contribution < 1.29 is 8.42 Å². The van der Waals surface area contributed by atoms with E-state index in [2.05, 4.69) is 4.72 Å². The molecule has 2 rings (SSSR count). The molecule has 0 aliphatic rings. The minimum Gasteiger partial charge on any atom is -0.397 e. The number of anilines is 1. The Balaban J connectivity index is 2.56. The zero-order valence-corrected chi connectivity index (χ0v) is 11.0. The van der Waals surface area contributed by atoms with Crippen molar-refractivity contribution in [1.82, 2.24) is 9.29 Å². The Morgan fingerprint density at radius 2 is 2.11 bits per heavy atom. The lowest BCUT2D eigenvalue weighted by Gasteiger charge is -2.10. The normalized spacial score (nSPS) is 11.2. The van der Waals surface area contributed by atoms with Crippen LogP contribution in [-0.2, 0) is 10.0 Å². The number of nitrogens with one attached hydrogen (secondary N) is 1. The van der Waals surface area contributed by atoms with Crippen LogP contribution >= 0.6 is 0 Å². The van der Waals surface area contributed by atoms with Crippen molar-refractivity contribution in [2.45, 2.75) is 4.90 Å². The maximum absolute atomic E-state index is 11.6. The van der Waals surface area contributed by atoms with Crippen molar-refractivity contribution in [3.05, 3.63) is 42.2 Å². The fraction of sp³-hybridized carbons (Fsp3) is 0.0833. The van der Waals surface area contributed by atoms with Crippen molar-refractivity contribution in [2.75, 3.05) is 12.8 Å². The van der Waals surface area contributed by atoms with Crippen LogP contribution in [0.15, 0.2) is 41.4 Å². The summed E-state index contributed by atoms with van der Waals surface area (Å²) in [6, 6.07) is 9.78. The molecular weight excluding hydrogens is 264 g/mol. The Labute approximate surface area is 111 Å². The van der Waals surface area contributed by atoms with Gasteiger partial charge in [0, 0.05) is 6.20 Å². The molecule has 0 atom stereocenters. The summed E-state index contributed by atoms with van der Waals surface area (Å²) >= 11 is 0. The van der Waals surface area contributed by atoms with Crippen molar-refractivity contribution >= 4 is 15.7 Å². The lowest BCUT2D eigenvalue weighted by molar-refractivity contribution is 0.588. The number of nitrogen functional groups attached to an aromatic ring is 1. The lowest BCUT2D eigenvalue weighted by atomic mass is 10.2. The van der Waals surface area contributed by atoms with Gasteiger partial charge in [-0.25, -0.2) is 13.1 Å². The molecule has 1 aromatic carbocycles. The zero-order chi connectivity index (χ0) is 14.0. The molecule has 98 valence electrons. The molecule has 1 heterocycles. The van der Waals surface area contributed by atoms with Crippen LogP contribution < -0.4 is 10.5 Å². The van der Waals surface area contributed by atoms with Crippen molar-refractivity contribution in [2.24, 2.45) is 0 Å². The van der Waals surface area contributed by atoms with Crippen LogP contribution in [0.1, 0.15) is 5.69 Å². The lowest BCUT2D eigenvalue weighted by Crippen LogP contribution is -2.18. The van der Waals surface area contributed by atoms with Crippen LogP contribution in [0.5, 0.6) is 0 Å². The minimum atomic E-state index is -3.53. The molecule has 0 spiro atoms. The molecule has 0 fully saturated rings. The van der Waals surface area contributed by atoms with Crippen LogP contribution in [-0.4, -0.2) is 20.0 Å². The molecule has 19 heavy (non-hydrogen) atoms. The summed E-state index contributed by atoms with van der Waals surface area (Å²) in [5.41, 5.74) is 7.14. The fourth-order valence-electron chi connectivity index (χ4n) is 1.72. The van der Waals surface area contributed by atoms with Gasteiger partial charge in [-0.15, -0.1) is 0 Å². The summed E-state index contributed by atoms with van der Waals surface area (Å²) < 4.78 is 27.1. The molecule has 0 radical (unpaired) electrons. The molecule has 0 unspecified atom stereocenters. The van der Waals surface area contributed by atoms with Gasteiger partial charge in [-0.2, -0.15) is 5.26 Å². The van der Waals surface area contributed by atoms with Crippen molar-refractivity contribution in [1.29, 1.82) is 5.26 Å². The first kappa shape index (κ1) is 13.1. The molecule has 0 saturated carbocycles. The van der Waals surface area contributed by atoms with Crippen LogP contribution in [0.4, 0.5) is 5.69 Å². The van der Waals surface area contributed by atoms with E-state index < -0.39 is 10.0 Å². The molecular formula is C12H12N4O2S. The maximum atomic E-state index is 11.6. The third-order valence-electron chi connectivity index (χ3n) is 2.70. The molecule has 6 nitrogen and oxygen atoms in total. The van der Waals surface area contributed by atoms with E-state index in [-0.39, 0.29) is 10.6 Å². The summed E-state index contributed by atoms with van der Waals surface area (Å²) in [6.07, 6.45) is 1.69. The number of aromatic nitrogens is 1. The second kappa shape index (κ2) is 4.76. The van der Waals surface area contributed by atoms with Gasteiger partial charge in [0.1, 0.15) is 11.8 Å². The van der Waals surface area contributed by atoms with E-state index in [0.717, 1.165) is 0 Å². The predicted molar refractivity (Wildman–Crippen MR) is 71.1 cm³/mol. The highest BCUT2D eigenvalue weighted by Gasteiger charge is 2.14. The van der Waals surface area contributed by atoms with Gasteiger partial charge in [-0.05, 0) is 37.4 Å². The average molecular weight is 276 g/mol. The predicted octanol–water partition coefficient (Wildman–Crippen LogP) is 0.839. The van der Waals surface area contributed by atoms with Crippen molar-refractivity contribution in [3.63, 3.8) is 0 Å². The second-order valence-electron chi connectivity index (χ2n) is 3.80. The number of hydrogen-bond donors (Lipinski definition) is 2. The van der Waals surface area contributed by atoms with Gasteiger partial charge in [0.15, 0.2) is 0 Å². The Morgan fingerprint density at radius 1 is 1.37 bits per heavy atom. The molecule has 0 aliphatic carbocycles. The number of nitrogens with two attached hydrogens (primary N) is 1. The summed E-state index contributed by atoms with van der Waals surface area (Å²) in [7, 11) is -2.19. The maximum Gasteiger partial charge on any atom is 0.240 e. The number of sulfonamides is 1. The van der Waals surface area contributed by atoms with Gasteiger partial charge in [0.2, 0.25) is 10.0 Å². The van der Waals surface area contributed by atoms with E-state index in [4.69, 9.17) is 11.0 Å². The SMILES string of the molecule is CNS(=O)(=O)c1ccc(-n2cccc2C#N)c(N)c1. The summed E-state index contributed by atoms with van der Waals surface area (Å²) in [5, 5.41) is 8.96. The summed E-state index contributed by atoms with van der Waals surface area (Å²) in [6.45, 7) is 0. The highest BCUT2D eigenvalue weighted by atomic mass is 32.2. The number of hydrogen-bond acceptors (Lipinski definition) is 4. The van der Waals surface area contributed by atoms with Gasteiger partial charge in [-0.1, -0.05) is 0 Å². The number of nitrogens with zero attached hydrogens (tertiary/aromatic N) is 2. The van der Waals surface area contributed by atoms with E-state index in [0.29, 0.717) is 11.4 Å². The highest BCUT2D eigenvalue weighted by molar-refractivity contribution is 7.89. The second-order valence-corrected chi connectivity index (χ2v) is 5.69. The topological polar surface area (TPSA) is 101 Å². The molecule has 0 bridgehead atoms. The molecule has 2 aromatic rings. The Morgan fingerprint density at radius 3 is 2.68 bits per heavy atom. The van der Waals surface area contributed by atoms with E-state index in [9.17, 15) is 8.42 Å². The van der Waals surface area contributed by atoms with Crippen LogP contribution in [0.25, 0.3) is 5.69 Å². The first-order valence-electron chi connectivity index (χ1n) is 5.40. The Bertz CT molecular complexity index is 756. The quantitative estimate of drug-likeness (QED) is 0.811. The highest BCUT2D eigenvalue weighted by Crippen LogP contribution is 2.23. The summed E-state index contributed by atoms with van der Waals surface area (Å²) in [5.74, 6) is 0. The largest absolute Gasteiger partial charge is 0.397 e.